The van der Waals surface area contributed by atoms with Crippen LogP contribution in [0.15, 0.2) is 0 Å². The monoisotopic (exact) mass is 238 g/mol. The lowest BCUT2D eigenvalue weighted by atomic mass is 10.2. The first kappa shape index (κ1) is 14.3. The predicted molar refractivity (Wildman–Crippen MR) is 56.9 cm³/mol. The van der Waals surface area contributed by atoms with Crippen molar-refractivity contribution in [1.82, 2.24) is 4.31 Å². The Labute approximate surface area is 90.1 Å². The molecule has 0 aliphatic rings. The smallest absolute Gasteiger partial charge is 0.320 e. The molecular formula is C8H18N2O4S. The van der Waals surface area contributed by atoms with Crippen molar-refractivity contribution in [3.8, 4) is 0 Å². The fourth-order valence-electron chi connectivity index (χ4n) is 1.15. The molecule has 7 heteroatoms. The van der Waals surface area contributed by atoms with Gasteiger partial charge in [-0.15, -0.1) is 0 Å². The zero-order chi connectivity index (χ0) is 12.1. The second-order valence-electron chi connectivity index (χ2n) is 3.13. The molecule has 0 amide bonds. The average molecular weight is 238 g/mol. The van der Waals surface area contributed by atoms with Crippen LogP contribution in [0.3, 0.4) is 0 Å². The maximum atomic E-state index is 11.6. The molecule has 0 rings (SSSR count). The third-order valence-corrected chi connectivity index (χ3v) is 4.16. The Morgan fingerprint density at radius 2 is 1.87 bits per heavy atom. The van der Waals surface area contributed by atoms with Crippen molar-refractivity contribution < 1.29 is 18.3 Å². The SMILES string of the molecule is CCN(CC)S(=O)(=O)CCC(N)C(=O)O. The Morgan fingerprint density at radius 3 is 2.20 bits per heavy atom. The maximum Gasteiger partial charge on any atom is 0.320 e. The zero-order valence-electron chi connectivity index (χ0n) is 9.01. The van der Waals surface area contributed by atoms with E-state index in [0.717, 1.165) is 0 Å². The van der Waals surface area contributed by atoms with Crippen molar-refractivity contribution in [3.05, 3.63) is 0 Å². The van der Waals surface area contributed by atoms with Crippen LogP contribution >= 0.6 is 0 Å². The van der Waals surface area contributed by atoms with Crippen molar-refractivity contribution in [1.29, 1.82) is 0 Å². The van der Waals surface area contributed by atoms with E-state index in [1.165, 1.54) is 4.31 Å². The van der Waals surface area contributed by atoms with Crippen molar-refractivity contribution in [2.24, 2.45) is 5.73 Å². The highest BCUT2D eigenvalue weighted by molar-refractivity contribution is 7.89. The number of nitrogens with two attached hydrogens (primary N) is 1. The van der Waals surface area contributed by atoms with E-state index in [-0.39, 0.29) is 12.2 Å². The summed E-state index contributed by atoms with van der Waals surface area (Å²) in [7, 11) is -3.36. The Balaban J connectivity index is 4.33. The van der Waals surface area contributed by atoms with E-state index < -0.39 is 22.0 Å². The normalized spacial score (nSPS) is 14.1. The lowest BCUT2D eigenvalue weighted by Crippen LogP contribution is -2.37. The van der Waals surface area contributed by atoms with Crippen LogP contribution in [0.25, 0.3) is 0 Å². The summed E-state index contributed by atoms with van der Waals surface area (Å²) in [4.78, 5) is 10.4. The van der Waals surface area contributed by atoms with Gasteiger partial charge in [0, 0.05) is 13.1 Å². The predicted octanol–water partition coefficient (Wildman–Crippen LogP) is -0.540. The molecule has 15 heavy (non-hydrogen) atoms. The number of carboxylic acid groups (broad SMARTS) is 1. The van der Waals surface area contributed by atoms with Gasteiger partial charge < -0.3 is 10.8 Å². The molecule has 0 aliphatic carbocycles. The van der Waals surface area contributed by atoms with Gasteiger partial charge in [-0.3, -0.25) is 4.79 Å². The zero-order valence-corrected chi connectivity index (χ0v) is 9.83. The third kappa shape index (κ3) is 4.59. The van der Waals surface area contributed by atoms with Gasteiger partial charge in [0.25, 0.3) is 0 Å². The Hall–Kier alpha value is -0.660. The largest absolute Gasteiger partial charge is 0.480 e. The van der Waals surface area contributed by atoms with Gasteiger partial charge in [0.2, 0.25) is 10.0 Å². The molecule has 0 aromatic rings. The first-order valence-electron chi connectivity index (χ1n) is 4.81. The fourth-order valence-corrected chi connectivity index (χ4v) is 2.74. The van der Waals surface area contributed by atoms with Crippen LogP contribution in [0, 0.1) is 0 Å². The summed E-state index contributed by atoms with van der Waals surface area (Å²) in [6.07, 6.45) is -0.0613. The molecule has 1 atom stereocenters. The molecule has 0 spiro atoms. The van der Waals surface area contributed by atoms with E-state index in [2.05, 4.69) is 0 Å². The molecule has 0 radical (unpaired) electrons. The minimum atomic E-state index is -3.36. The van der Waals surface area contributed by atoms with Crippen molar-refractivity contribution >= 4 is 16.0 Å². The topological polar surface area (TPSA) is 101 Å². The Morgan fingerprint density at radius 1 is 1.40 bits per heavy atom. The second kappa shape index (κ2) is 6.04. The molecule has 0 fully saturated rings. The van der Waals surface area contributed by atoms with Gasteiger partial charge in [-0.05, 0) is 6.42 Å². The van der Waals surface area contributed by atoms with E-state index in [9.17, 15) is 13.2 Å². The number of carbonyl (C=O) groups is 1. The molecule has 3 N–H and O–H groups in total. The summed E-state index contributed by atoms with van der Waals surface area (Å²) in [5, 5.41) is 8.50. The third-order valence-electron chi connectivity index (χ3n) is 2.10. The van der Waals surface area contributed by atoms with Crippen LogP contribution in [-0.2, 0) is 14.8 Å². The minimum absolute atomic E-state index is 0.0613. The highest BCUT2D eigenvalue weighted by Crippen LogP contribution is 2.04. The summed E-state index contributed by atoms with van der Waals surface area (Å²) in [6, 6.07) is -1.12. The first-order chi connectivity index (χ1) is 6.85. The van der Waals surface area contributed by atoms with Crippen LogP contribution in [0.4, 0.5) is 0 Å². The van der Waals surface area contributed by atoms with Gasteiger partial charge in [0.15, 0.2) is 0 Å². The van der Waals surface area contributed by atoms with Crippen LogP contribution in [-0.4, -0.2) is 48.7 Å². The molecule has 0 bridgehead atoms. The van der Waals surface area contributed by atoms with E-state index in [1.807, 2.05) is 0 Å². The van der Waals surface area contributed by atoms with Crippen LogP contribution in [0.5, 0.6) is 0 Å². The minimum Gasteiger partial charge on any atom is -0.480 e. The Bertz CT molecular complexity index is 298. The van der Waals surface area contributed by atoms with Crippen molar-refractivity contribution in [2.75, 3.05) is 18.8 Å². The Kier molecular flexibility index (Phi) is 5.77. The molecule has 0 aromatic heterocycles. The van der Waals surface area contributed by atoms with Crippen LogP contribution < -0.4 is 5.73 Å². The number of carboxylic acids is 1. The van der Waals surface area contributed by atoms with E-state index in [4.69, 9.17) is 10.8 Å². The van der Waals surface area contributed by atoms with Gasteiger partial charge in [-0.25, -0.2) is 12.7 Å². The van der Waals surface area contributed by atoms with Gasteiger partial charge in [-0.2, -0.15) is 0 Å². The first-order valence-corrected chi connectivity index (χ1v) is 6.42. The average Bonchev–Trinajstić information content (AvgIpc) is 2.15. The van der Waals surface area contributed by atoms with Crippen LogP contribution in [0.1, 0.15) is 20.3 Å². The quantitative estimate of drug-likeness (QED) is 0.620. The molecule has 0 aliphatic heterocycles. The van der Waals surface area contributed by atoms with Crippen LogP contribution in [0.2, 0.25) is 0 Å². The number of hydrogen-bond acceptors (Lipinski definition) is 4. The molecule has 90 valence electrons. The molecule has 0 heterocycles. The van der Waals surface area contributed by atoms with E-state index >= 15 is 0 Å². The van der Waals surface area contributed by atoms with E-state index in [0.29, 0.717) is 13.1 Å². The number of rotatable bonds is 7. The van der Waals surface area contributed by atoms with Crippen molar-refractivity contribution in [3.63, 3.8) is 0 Å². The summed E-state index contributed by atoms with van der Waals surface area (Å²) in [5.41, 5.74) is 5.22. The summed E-state index contributed by atoms with van der Waals surface area (Å²) < 4.78 is 24.5. The molecular weight excluding hydrogens is 220 g/mol. The van der Waals surface area contributed by atoms with Gasteiger partial charge in [0.1, 0.15) is 6.04 Å². The second-order valence-corrected chi connectivity index (χ2v) is 5.22. The van der Waals surface area contributed by atoms with Gasteiger partial charge in [-0.1, -0.05) is 13.8 Å². The summed E-state index contributed by atoms with van der Waals surface area (Å²) in [5.74, 6) is -1.40. The highest BCUT2D eigenvalue weighted by atomic mass is 32.2. The maximum absolute atomic E-state index is 11.6. The highest BCUT2D eigenvalue weighted by Gasteiger charge is 2.21. The standard InChI is InChI=1S/C8H18N2O4S/c1-3-10(4-2)15(13,14)6-5-7(9)8(11)12/h7H,3-6,9H2,1-2H3,(H,11,12). The molecule has 0 saturated carbocycles. The molecule has 0 saturated heterocycles. The summed E-state index contributed by atoms with van der Waals surface area (Å²) >= 11 is 0. The number of sulfonamides is 1. The fraction of sp³-hybridized carbons (Fsp3) is 0.875. The molecule has 6 nitrogen and oxygen atoms in total. The number of aliphatic carboxylic acids is 1. The molecule has 0 aromatic carbocycles. The lowest BCUT2D eigenvalue weighted by molar-refractivity contribution is -0.138. The molecule has 1 unspecified atom stereocenters. The van der Waals surface area contributed by atoms with Gasteiger partial charge in [0.05, 0.1) is 5.75 Å². The number of hydrogen-bond donors (Lipinski definition) is 2. The lowest BCUT2D eigenvalue weighted by Gasteiger charge is -2.18. The summed E-state index contributed by atoms with van der Waals surface area (Å²) in [6.45, 7) is 4.25. The van der Waals surface area contributed by atoms with Gasteiger partial charge >= 0.3 is 5.97 Å². The van der Waals surface area contributed by atoms with E-state index in [1.54, 1.807) is 13.8 Å². The number of nitrogens with zero attached hydrogens (tertiary/aromatic N) is 1. The van der Waals surface area contributed by atoms with Crippen molar-refractivity contribution in [2.45, 2.75) is 26.3 Å².